The zero-order valence-electron chi connectivity index (χ0n) is 14.7. The lowest BCUT2D eigenvalue weighted by molar-refractivity contribution is 0.164. The second-order valence-corrected chi connectivity index (χ2v) is 7.15. The molecule has 0 saturated heterocycles. The van der Waals surface area contributed by atoms with Crippen LogP contribution in [0.25, 0.3) is 0 Å². The van der Waals surface area contributed by atoms with Gasteiger partial charge in [0.15, 0.2) is 0 Å². The van der Waals surface area contributed by atoms with E-state index in [4.69, 9.17) is 0 Å². The molecule has 1 heteroatoms. The van der Waals surface area contributed by atoms with Crippen molar-refractivity contribution in [2.45, 2.75) is 78.1 Å². The SMILES string of the molecule is CC.CC1CCC(C2CCC(c3ccccc3F)CC2)CC1. The Hall–Kier alpha value is -0.850. The van der Waals surface area contributed by atoms with Crippen molar-refractivity contribution in [2.24, 2.45) is 17.8 Å². The van der Waals surface area contributed by atoms with Gasteiger partial charge in [0, 0.05) is 0 Å². The summed E-state index contributed by atoms with van der Waals surface area (Å²) in [5.41, 5.74) is 0.961. The third kappa shape index (κ3) is 4.33. The molecule has 0 atom stereocenters. The van der Waals surface area contributed by atoms with E-state index in [0.29, 0.717) is 5.92 Å². The van der Waals surface area contributed by atoms with Crippen LogP contribution in [0.3, 0.4) is 0 Å². The molecule has 2 aliphatic rings. The van der Waals surface area contributed by atoms with E-state index in [9.17, 15) is 4.39 Å². The van der Waals surface area contributed by atoms with Crippen molar-refractivity contribution in [3.05, 3.63) is 35.6 Å². The molecule has 0 aromatic heterocycles. The third-order valence-electron chi connectivity index (χ3n) is 5.84. The molecular weight excluding hydrogens is 271 g/mol. The van der Waals surface area contributed by atoms with Gasteiger partial charge in [0.1, 0.15) is 5.82 Å². The zero-order valence-corrected chi connectivity index (χ0v) is 14.7. The first-order chi connectivity index (χ1) is 10.7. The van der Waals surface area contributed by atoms with Crippen molar-refractivity contribution in [3.8, 4) is 0 Å². The lowest BCUT2D eigenvalue weighted by atomic mass is 9.68. The predicted molar refractivity (Wildman–Crippen MR) is 93.6 cm³/mol. The highest BCUT2D eigenvalue weighted by atomic mass is 19.1. The summed E-state index contributed by atoms with van der Waals surface area (Å²) in [6.07, 6.45) is 10.8. The van der Waals surface area contributed by atoms with Crippen LogP contribution in [0.5, 0.6) is 0 Å². The summed E-state index contributed by atoms with van der Waals surface area (Å²) in [6, 6.07) is 7.38. The first kappa shape index (κ1) is 17.5. The fraction of sp³-hybridized carbons (Fsp3) is 0.714. The van der Waals surface area contributed by atoms with E-state index in [1.807, 2.05) is 26.0 Å². The van der Waals surface area contributed by atoms with E-state index in [-0.39, 0.29) is 5.82 Å². The maximum atomic E-state index is 13.9. The Morgan fingerprint density at radius 3 is 1.82 bits per heavy atom. The molecule has 0 heterocycles. The second kappa shape index (κ2) is 8.70. The Labute approximate surface area is 136 Å². The third-order valence-corrected chi connectivity index (χ3v) is 5.84. The van der Waals surface area contributed by atoms with E-state index < -0.39 is 0 Å². The lowest BCUT2D eigenvalue weighted by Gasteiger charge is -2.37. The number of rotatable bonds is 2. The van der Waals surface area contributed by atoms with Crippen molar-refractivity contribution in [1.82, 2.24) is 0 Å². The monoisotopic (exact) mass is 304 g/mol. The van der Waals surface area contributed by atoms with Crippen LogP contribution in [0.1, 0.15) is 83.6 Å². The molecule has 0 radical (unpaired) electrons. The van der Waals surface area contributed by atoms with Crippen molar-refractivity contribution in [1.29, 1.82) is 0 Å². The molecule has 2 aliphatic carbocycles. The number of hydrogen-bond acceptors (Lipinski definition) is 0. The van der Waals surface area contributed by atoms with Crippen LogP contribution in [-0.4, -0.2) is 0 Å². The molecule has 124 valence electrons. The van der Waals surface area contributed by atoms with Crippen molar-refractivity contribution in [3.63, 3.8) is 0 Å². The molecule has 0 spiro atoms. The van der Waals surface area contributed by atoms with Gasteiger partial charge in [-0.3, -0.25) is 0 Å². The van der Waals surface area contributed by atoms with Crippen molar-refractivity contribution in [2.75, 3.05) is 0 Å². The van der Waals surface area contributed by atoms with E-state index in [2.05, 4.69) is 6.92 Å². The van der Waals surface area contributed by atoms with Crippen molar-refractivity contribution < 1.29 is 4.39 Å². The van der Waals surface area contributed by atoms with Gasteiger partial charge in [-0.2, -0.15) is 0 Å². The minimum absolute atomic E-state index is 0.00226. The Morgan fingerprint density at radius 2 is 1.27 bits per heavy atom. The summed E-state index contributed by atoms with van der Waals surface area (Å²) in [5.74, 6) is 3.30. The van der Waals surface area contributed by atoms with Gasteiger partial charge in [0.2, 0.25) is 0 Å². The molecule has 0 nitrogen and oxygen atoms in total. The van der Waals surface area contributed by atoms with Gasteiger partial charge < -0.3 is 0 Å². The maximum Gasteiger partial charge on any atom is 0.126 e. The predicted octanol–water partition coefficient (Wildman–Crippen LogP) is 6.95. The van der Waals surface area contributed by atoms with Crippen LogP contribution in [0.4, 0.5) is 4.39 Å². The van der Waals surface area contributed by atoms with Crippen molar-refractivity contribution >= 4 is 0 Å². The summed E-state index contributed by atoms with van der Waals surface area (Å²) in [6.45, 7) is 6.39. The number of hydrogen-bond donors (Lipinski definition) is 0. The van der Waals surface area contributed by atoms with Crippen LogP contribution in [0.2, 0.25) is 0 Å². The van der Waals surface area contributed by atoms with Gasteiger partial charge in [-0.1, -0.05) is 51.8 Å². The topological polar surface area (TPSA) is 0 Å². The maximum absolute atomic E-state index is 13.9. The fourth-order valence-electron chi connectivity index (χ4n) is 4.47. The second-order valence-electron chi connectivity index (χ2n) is 7.15. The highest BCUT2D eigenvalue weighted by Crippen LogP contribution is 2.44. The van der Waals surface area contributed by atoms with E-state index in [1.165, 1.54) is 51.4 Å². The van der Waals surface area contributed by atoms with Crippen LogP contribution in [0.15, 0.2) is 24.3 Å². The van der Waals surface area contributed by atoms with Gasteiger partial charge in [-0.15, -0.1) is 0 Å². The minimum atomic E-state index is 0.00226. The smallest absolute Gasteiger partial charge is 0.126 e. The first-order valence-electron chi connectivity index (χ1n) is 9.48. The molecule has 2 fully saturated rings. The van der Waals surface area contributed by atoms with Crippen LogP contribution in [-0.2, 0) is 0 Å². The summed E-state index contributed by atoms with van der Waals surface area (Å²) in [4.78, 5) is 0. The first-order valence-corrected chi connectivity index (χ1v) is 9.48. The average molecular weight is 304 g/mol. The van der Waals surface area contributed by atoms with Gasteiger partial charge in [0.05, 0.1) is 0 Å². The summed E-state index contributed by atoms with van der Waals surface area (Å²) >= 11 is 0. The molecule has 0 aliphatic heterocycles. The molecule has 0 N–H and O–H groups in total. The van der Waals surface area contributed by atoms with Crippen LogP contribution < -0.4 is 0 Å². The molecule has 0 unspecified atom stereocenters. The normalized spacial score (nSPS) is 32.0. The largest absolute Gasteiger partial charge is 0.207 e. The molecule has 0 bridgehead atoms. The highest BCUT2D eigenvalue weighted by Gasteiger charge is 2.30. The molecule has 2 saturated carbocycles. The Kier molecular flexibility index (Phi) is 6.92. The van der Waals surface area contributed by atoms with Gasteiger partial charge in [0.25, 0.3) is 0 Å². The quantitative estimate of drug-likeness (QED) is 0.554. The fourth-order valence-corrected chi connectivity index (χ4v) is 4.47. The molecule has 1 aromatic rings. The average Bonchev–Trinajstić information content (AvgIpc) is 2.58. The minimum Gasteiger partial charge on any atom is -0.207 e. The number of benzene rings is 1. The molecule has 0 amide bonds. The van der Waals surface area contributed by atoms with Crippen LogP contribution >= 0.6 is 0 Å². The Morgan fingerprint density at radius 1 is 0.773 bits per heavy atom. The van der Waals surface area contributed by atoms with E-state index in [1.54, 1.807) is 12.1 Å². The zero-order chi connectivity index (χ0) is 15.9. The summed E-state index contributed by atoms with van der Waals surface area (Å²) in [5, 5.41) is 0. The van der Waals surface area contributed by atoms with E-state index >= 15 is 0 Å². The molecule has 1 aromatic carbocycles. The van der Waals surface area contributed by atoms with Crippen LogP contribution in [0, 0.1) is 23.6 Å². The Bertz CT molecular complexity index is 423. The summed E-state index contributed by atoms with van der Waals surface area (Å²) < 4.78 is 13.9. The number of halogens is 1. The van der Waals surface area contributed by atoms with Gasteiger partial charge >= 0.3 is 0 Å². The molecular formula is C21H33F. The van der Waals surface area contributed by atoms with Gasteiger partial charge in [-0.25, -0.2) is 4.39 Å². The Balaban J connectivity index is 0.000000847. The lowest BCUT2D eigenvalue weighted by Crippen LogP contribution is -2.25. The van der Waals surface area contributed by atoms with Gasteiger partial charge in [-0.05, 0) is 73.8 Å². The van der Waals surface area contributed by atoms with E-state index in [0.717, 1.165) is 23.3 Å². The highest BCUT2D eigenvalue weighted by molar-refractivity contribution is 5.22. The standard InChI is InChI=1S/C19H27F.C2H6/c1-14-6-8-15(9-7-14)16-10-12-17(13-11-16)18-4-2-3-5-19(18)20;1-2/h2-5,14-17H,6-13H2,1H3;1-2H3. The molecule has 22 heavy (non-hydrogen) atoms. The summed E-state index contributed by atoms with van der Waals surface area (Å²) in [7, 11) is 0. The molecule has 3 rings (SSSR count).